The number of aromatic nitrogens is 1. The standard InChI is InChI=1S/C19H26N2O4S/c1-4-12-25-19-6-5-18(14-16(19)2)26(22,23)21(11-13-24-3)15-17-7-9-20-10-8-17/h5-10,14H,4,11-13,15H2,1-3H3. The Hall–Kier alpha value is -1.96. The number of sulfonamides is 1. The molecule has 0 saturated carbocycles. The van der Waals surface area contributed by atoms with Crippen LogP contribution in [0.1, 0.15) is 24.5 Å². The largest absolute Gasteiger partial charge is 0.493 e. The fourth-order valence-corrected chi connectivity index (χ4v) is 3.97. The van der Waals surface area contributed by atoms with E-state index in [2.05, 4.69) is 4.98 Å². The molecule has 2 aromatic rings. The number of rotatable bonds is 10. The summed E-state index contributed by atoms with van der Waals surface area (Å²) < 4.78 is 38.4. The van der Waals surface area contributed by atoms with Gasteiger partial charge in [-0.25, -0.2) is 8.42 Å². The van der Waals surface area contributed by atoms with Gasteiger partial charge in [0.15, 0.2) is 0 Å². The molecule has 26 heavy (non-hydrogen) atoms. The third-order valence-electron chi connectivity index (χ3n) is 3.90. The molecule has 0 unspecified atom stereocenters. The second-order valence-corrected chi connectivity index (χ2v) is 7.90. The molecule has 142 valence electrons. The van der Waals surface area contributed by atoms with Crippen molar-refractivity contribution in [2.24, 2.45) is 0 Å². The van der Waals surface area contributed by atoms with E-state index in [0.717, 1.165) is 17.5 Å². The first-order chi connectivity index (χ1) is 12.5. The van der Waals surface area contributed by atoms with Crippen LogP contribution >= 0.6 is 0 Å². The summed E-state index contributed by atoms with van der Waals surface area (Å²) in [7, 11) is -2.10. The van der Waals surface area contributed by atoms with E-state index in [1.54, 1.807) is 37.7 Å². The van der Waals surface area contributed by atoms with E-state index in [1.165, 1.54) is 4.31 Å². The number of hydrogen-bond acceptors (Lipinski definition) is 5. The molecule has 0 bridgehead atoms. The Labute approximate surface area is 155 Å². The lowest BCUT2D eigenvalue weighted by atomic mass is 10.2. The second kappa shape index (κ2) is 9.66. The first-order valence-electron chi connectivity index (χ1n) is 8.60. The van der Waals surface area contributed by atoms with Crippen molar-refractivity contribution in [2.75, 3.05) is 26.9 Å². The van der Waals surface area contributed by atoms with Crippen molar-refractivity contribution >= 4 is 10.0 Å². The Bertz CT molecular complexity index is 794. The first-order valence-corrected chi connectivity index (χ1v) is 10.0. The van der Waals surface area contributed by atoms with Crippen LogP contribution in [0.2, 0.25) is 0 Å². The molecule has 6 nitrogen and oxygen atoms in total. The van der Waals surface area contributed by atoms with Crippen LogP contribution < -0.4 is 4.74 Å². The lowest BCUT2D eigenvalue weighted by molar-refractivity contribution is 0.177. The number of pyridine rings is 1. The average molecular weight is 378 g/mol. The summed E-state index contributed by atoms with van der Waals surface area (Å²) in [4.78, 5) is 4.23. The van der Waals surface area contributed by atoms with Gasteiger partial charge in [0, 0.05) is 32.6 Å². The highest BCUT2D eigenvalue weighted by Crippen LogP contribution is 2.25. The van der Waals surface area contributed by atoms with Gasteiger partial charge < -0.3 is 9.47 Å². The number of nitrogens with zero attached hydrogens (tertiary/aromatic N) is 2. The predicted molar refractivity (Wildman–Crippen MR) is 101 cm³/mol. The molecule has 0 saturated heterocycles. The molecule has 0 aliphatic rings. The van der Waals surface area contributed by atoms with E-state index in [9.17, 15) is 8.42 Å². The summed E-state index contributed by atoms with van der Waals surface area (Å²) in [6.45, 7) is 5.35. The molecule has 0 aliphatic heterocycles. The van der Waals surface area contributed by atoms with Crippen molar-refractivity contribution in [3.8, 4) is 5.75 Å². The summed E-state index contributed by atoms with van der Waals surface area (Å²) in [5.41, 5.74) is 1.68. The van der Waals surface area contributed by atoms with Crippen molar-refractivity contribution in [2.45, 2.75) is 31.7 Å². The molecule has 1 aromatic heterocycles. The quantitative estimate of drug-likeness (QED) is 0.636. The van der Waals surface area contributed by atoms with Crippen LogP contribution in [0, 0.1) is 6.92 Å². The lowest BCUT2D eigenvalue weighted by Gasteiger charge is -2.22. The predicted octanol–water partition coefficient (Wildman–Crippen LogP) is 3.02. The van der Waals surface area contributed by atoms with Crippen LogP contribution in [-0.4, -0.2) is 44.6 Å². The molecule has 1 heterocycles. The number of methoxy groups -OCH3 is 1. The molecule has 7 heteroatoms. The minimum Gasteiger partial charge on any atom is -0.493 e. The maximum atomic E-state index is 13.1. The highest BCUT2D eigenvalue weighted by Gasteiger charge is 2.25. The van der Waals surface area contributed by atoms with Gasteiger partial charge in [0.05, 0.1) is 18.1 Å². The zero-order chi connectivity index (χ0) is 19.0. The van der Waals surface area contributed by atoms with E-state index >= 15 is 0 Å². The SMILES string of the molecule is CCCOc1ccc(S(=O)(=O)N(CCOC)Cc2ccncc2)cc1C. The van der Waals surface area contributed by atoms with Crippen LogP contribution in [-0.2, 0) is 21.3 Å². The van der Waals surface area contributed by atoms with Gasteiger partial charge in [-0.3, -0.25) is 4.98 Å². The maximum Gasteiger partial charge on any atom is 0.243 e. The van der Waals surface area contributed by atoms with Crippen molar-refractivity contribution < 1.29 is 17.9 Å². The Morgan fingerprint density at radius 3 is 2.46 bits per heavy atom. The molecule has 1 aromatic carbocycles. The third-order valence-corrected chi connectivity index (χ3v) is 5.74. The van der Waals surface area contributed by atoms with Gasteiger partial charge in [-0.1, -0.05) is 6.92 Å². The van der Waals surface area contributed by atoms with E-state index < -0.39 is 10.0 Å². The monoisotopic (exact) mass is 378 g/mol. The smallest absolute Gasteiger partial charge is 0.243 e. The van der Waals surface area contributed by atoms with Crippen LogP contribution in [0.5, 0.6) is 5.75 Å². The molecule has 2 rings (SSSR count). The molecule has 0 radical (unpaired) electrons. The Morgan fingerprint density at radius 2 is 1.85 bits per heavy atom. The van der Waals surface area contributed by atoms with Gasteiger partial charge in [0.25, 0.3) is 0 Å². The van der Waals surface area contributed by atoms with E-state index in [1.807, 2.05) is 26.0 Å². The normalized spacial score (nSPS) is 11.7. The zero-order valence-corrected chi connectivity index (χ0v) is 16.3. The summed E-state index contributed by atoms with van der Waals surface area (Å²) in [5.74, 6) is 0.711. The Morgan fingerprint density at radius 1 is 1.12 bits per heavy atom. The summed E-state index contributed by atoms with van der Waals surface area (Å²) >= 11 is 0. The molecule has 0 fully saturated rings. The van der Waals surface area contributed by atoms with Gasteiger partial charge in [-0.2, -0.15) is 4.31 Å². The third kappa shape index (κ3) is 5.27. The van der Waals surface area contributed by atoms with Crippen LogP contribution in [0.4, 0.5) is 0 Å². The van der Waals surface area contributed by atoms with Crippen LogP contribution in [0.15, 0.2) is 47.6 Å². The molecule has 0 spiro atoms. The van der Waals surface area contributed by atoms with Gasteiger partial charge in [0.2, 0.25) is 10.0 Å². The van der Waals surface area contributed by atoms with E-state index in [0.29, 0.717) is 19.0 Å². The fourth-order valence-electron chi connectivity index (χ4n) is 2.47. The number of benzene rings is 1. The minimum atomic E-state index is -3.65. The van der Waals surface area contributed by atoms with Gasteiger partial charge in [-0.05, 0) is 54.8 Å². The van der Waals surface area contributed by atoms with Crippen LogP contribution in [0.3, 0.4) is 0 Å². The van der Waals surface area contributed by atoms with E-state index in [4.69, 9.17) is 9.47 Å². The van der Waals surface area contributed by atoms with Crippen LogP contribution in [0.25, 0.3) is 0 Å². The lowest BCUT2D eigenvalue weighted by Crippen LogP contribution is -2.33. The van der Waals surface area contributed by atoms with E-state index in [-0.39, 0.29) is 18.0 Å². The first kappa shape index (κ1) is 20.4. The van der Waals surface area contributed by atoms with Crippen molar-refractivity contribution in [1.29, 1.82) is 0 Å². The summed E-state index contributed by atoms with van der Waals surface area (Å²) in [6.07, 6.45) is 4.21. The summed E-state index contributed by atoms with van der Waals surface area (Å²) in [5, 5.41) is 0. The van der Waals surface area contributed by atoms with Gasteiger partial charge in [-0.15, -0.1) is 0 Å². The number of hydrogen-bond donors (Lipinski definition) is 0. The second-order valence-electron chi connectivity index (χ2n) is 5.96. The average Bonchev–Trinajstić information content (AvgIpc) is 2.64. The molecule has 0 aliphatic carbocycles. The number of ether oxygens (including phenoxy) is 2. The molecule has 0 amide bonds. The minimum absolute atomic E-state index is 0.254. The fraction of sp³-hybridized carbons (Fsp3) is 0.421. The Kier molecular flexibility index (Phi) is 7.56. The van der Waals surface area contributed by atoms with Gasteiger partial charge in [0.1, 0.15) is 5.75 Å². The topological polar surface area (TPSA) is 68.7 Å². The molecular formula is C19H26N2O4S. The molecule has 0 N–H and O–H groups in total. The van der Waals surface area contributed by atoms with Crippen molar-refractivity contribution in [3.05, 3.63) is 53.9 Å². The maximum absolute atomic E-state index is 13.1. The van der Waals surface area contributed by atoms with Crippen molar-refractivity contribution in [3.63, 3.8) is 0 Å². The zero-order valence-electron chi connectivity index (χ0n) is 15.5. The van der Waals surface area contributed by atoms with Gasteiger partial charge >= 0.3 is 0 Å². The number of aryl methyl sites for hydroxylation is 1. The highest BCUT2D eigenvalue weighted by molar-refractivity contribution is 7.89. The Balaban J connectivity index is 2.28. The molecule has 0 atom stereocenters. The highest BCUT2D eigenvalue weighted by atomic mass is 32.2. The summed E-state index contributed by atoms with van der Waals surface area (Å²) in [6, 6.07) is 8.59. The molecular weight excluding hydrogens is 352 g/mol. The van der Waals surface area contributed by atoms with Crippen molar-refractivity contribution in [1.82, 2.24) is 9.29 Å².